The fourth-order valence-corrected chi connectivity index (χ4v) is 17.6. The predicted octanol–water partition coefficient (Wildman–Crippen LogP) is 29.0. The van der Waals surface area contributed by atoms with E-state index in [0.717, 1.165) is 157 Å². The monoisotopic (exact) mass is 1710 g/mol. The van der Waals surface area contributed by atoms with Crippen LogP contribution in [0, 0.1) is 0 Å². The molecule has 24 aromatic rings. The molecule has 134 heavy (non-hydrogen) atoms. The van der Waals surface area contributed by atoms with Crippen molar-refractivity contribution in [3.8, 4) is 192 Å². The van der Waals surface area contributed by atoms with E-state index in [1.54, 1.807) is 12.4 Å². The Morgan fingerprint density at radius 2 is 0.381 bits per heavy atom. The summed E-state index contributed by atoms with van der Waals surface area (Å²) in [5.41, 5.74) is 31.6. The molecule has 24 rings (SSSR count). The second kappa shape index (κ2) is 35.7. The molecule has 14 heteroatoms. The van der Waals surface area contributed by atoms with Crippen molar-refractivity contribution in [3.63, 3.8) is 0 Å². The molecule has 0 saturated carbocycles. The molecule has 0 N–H and O–H groups in total. The van der Waals surface area contributed by atoms with Crippen LogP contribution in [-0.4, -0.2) is 68.9 Å². The second-order valence-corrected chi connectivity index (χ2v) is 32.8. The van der Waals surface area contributed by atoms with Gasteiger partial charge in [-0.05, 0) is 165 Å². The van der Waals surface area contributed by atoms with Gasteiger partial charge in [-0.25, -0.2) is 39.9 Å². The van der Waals surface area contributed by atoms with Crippen LogP contribution in [0.1, 0.15) is 0 Å². The predicted molar refractivity (Wildman–Crippen MR) is 542 cm³/mol. The van der Waals surface area contributed by atoms with Crippen LogP contribution in [-0.2, 0) is 0 Å². The average Bonchev–Trinajstić information content (AvgIpc) is 1.60. The van der Waals surface area contributed by atoms with Gasteiger partial charge in [0.25, 0.3) is 0 Å². The molecule has 0 atom stereocenters. The van der Waals surface area contributed by atoms with Gasteiger partial charge in [0, 0.05) is 102 Å². The smallest absolute Gasteiger partial charge is 0.164 e. The minimum Gasteiger partial charge on any atom is -0.309 e. The summed E-state index contributed by atoms with van der Waals surface area (Å²) in [5.74, 6) is 3.83. The Hall–Kier alpha value is -18.4. The summed E-state index contributed by atoms with van der Waals surface area (Å²) in [4.78, 5) is 58.8. The molecule has 0 spiro atoms. The number of benzene rings is 14. The van der Waals surface area contributed by atoms with E-state index in [0.29, 0.717) is 34.9 Å². The largest absolute Gasteiger partial charge is 0.309 e. The average molecular weight is 1720 g/mol. The Morgan fingerprint density at radius 3 is 0.694 bits per heavy atom. The number of fused-ring (bicyclic) bond motifs is 6. The lowest BCUT2D eigenvalue weighted by molar-refractivity contribution is 1.07. The van der Waals surface area contributed by atoms with Gasteiger partial charge in [0.05, 0.1) is 67.6 Å². The van der Waals surface area contributed by atoms with E-state index in [-0.39, 0.29) is 0 Å². The topological polar surface area (TPSA) is 165 Å². The van der Waals surface area contributed by atoms with E-state index < -0.39 is 0 Å². The summed E-state index contributed by atoms with van der Waals surface area (Å²) in [6.07, 6.45) is 7.47. The molecule has 0 unspecified atom stereocenters. The maximum Gasteiger partial charge on any atom is 0.164 e. The van der Waals surface area contributed by atoms with Crippen molar-refractivity contribution in [3.05, 3.63) is 474 Å². The van der Waals surface area contributed by atoms with E-state index in [9.17, 15) is 0 Å². The molecule has 628 valence electrons. The molecule has 0 aliphatic heterocycles. The van der Waals surface area contributed by atoms with Crippen LogP contribution in [0.4, 0.5) is 0 Å². The third-order valence-corrected chi connectivity index (χ3v) is 24.4. The van der Waals surface area contributed by atoms with Crippen molar-refractivity contribution in [2.45, 2.75) is 0 Å². The first-order valence-corrected chi connectivity index (χ1v) is 44.5. The van der Waals surface area contributed by atoms with Gasteiger partial charge in [-0.1, -0.05) is 340 Å². The molecule has 10 aromatic heterocycles. The Balaban J connectivity index is 0.000000151. The molecule has 0 radical (unpaired) electrons. The first-order chi connectivity index (χ1) is 66.4. The number of rotatable bonds is 18. The fraction of sp³-hybridized carbons (Fsp3) is 0. The highest BCUT2D eigenvalue weighted by atomic mass is 15.0. The van der Waals surface area contributed by atoms with Gasteiger partial charge in [0.15, 0.2) is 34.9 Å². The van der Waals surface area contributed by atoms with Crippen LogP contribution >= 0.6 is 0 Å². The zero-order valence-corrected chi connectivity index (χ0v) is 72.3. The van der Waals surface area contributed by atoms with Gasteiger partial charge in [0.1, 0.15) is 0 Å². The maximum absolute atomic E-state index is 5.12. The molecule has 14 nitrogen and oxygen atoms in total. The molecule has 10 heterocycles. The minimum absolute atomic E-state index is 0.630. The lowest BCUT2D eigenvalue weighted by Gasteiger charge is -2.13. The van der Waals surface area contributed by atoms with Crippen LogP contribution in [0.15, 0.2) is 474 Å². The lowest BCUT2D eigenvalue weighted by Crippen LogP contribution is -2.00. The van der Waals surface area contributed by atoms with Gasteiger partial charge >= 0.3 is 0 Å². The molecule has 0 saturated heterocycles. The van der Waals surface area contributed by atoms with Crippen molar-refractivity contribution >= 4 is 43.6 Å². The van der Waals surface area contributed by atoms with Crippen molar-refractivity contribution in [1.82, 2.24) is 68.9 Å². The van der Waals surface area contributed by atoms with Crippen LogP contribution < -0.4 is 0 Å². The van der Waals surface area contributed by atoms with Crippen molar-refractivity contribution in [2.24, 2.45) is 0 Å². The number of para-hydroxylation sites is 4. The van der Waals surface area contributed by atoms with Crippen LogP contribution in [0.2, 0.25) is 0 Å². The third-order valence-electron chi connectivity index (χ3n) is 24.4. The van der Waals surface area contributed by atoms with Crippen molar-refractivity contribution in [2.75, 3.05) is 0 Å². The maximum atomic E-state index is 5.12. The zero-order valence-electron chi connectivity index (χ0n) is 72.3. The summed E-state index contributed by atoms with van der Waals surface area (Å²) in [7, 11) is 0. The van der Waals surface area contributed by atoms with Gasteiger partial charge in [0.2, 0.25) is 0 Å². The number of hydrogen-bond donors (Lipinski definition) is 0. The highest BCUT2D eigenvalue weighted by Gasteiger charge is 2.21. The minimum atomic E-state index is 0.630. The van der Waals surface area contributed by atoms with Crippen molar-refractivity contribution < 1.29 is 0 Å². The van der Waals surface area contributed by atoms with Crippen LogP contribution in [0.3, 0.4) is 0 Å². The molecule has 0 fully saturated rings. The standard InChI is InChI=1S/2C60H39N7/c1-3-14-43(15-4-1)58-64-59(44-16-5-2-6-17-44)66-60(65-58)45-31-29-41(30-32-45)40-25-27-42(28-26-40)47-33-34-53(62-39-47)55-38-48(37-54(63-55)52-22-11-12-35-61-52)46-18-13-19-49(36-46)67-56-23-9-7-20-50(56)51-21-8-10-24-57(51)67;1-3-13-44(14-4-1)58-64-59(45-15-5-2-6-16-45)66-60(65-58)46-28-26-41(27-29-46)40-22-24-42(25-23-40)47-32-35-53(62-39-47)55-38-48(37-54(63-55)52-19-11-12-36-61-52)43-30-33-49(34-31-43)67-56-20-9-7-17-50(56)51-18-8-10-21-57(51)67/h2*1-39H. The Kier molecular flexibility index (Phi) is 21.3. The number of pyridine rings is 6. The van der Waals surface area contributed by atoms with E-state index in [4.69, 9.17) is 49.8 Å². The molecule has 0 aliphatic rings. The van der Waals surface area contributed by atoms with Crippen molar-refractivity contribution in [1.29, 1.82) is 0 Å². The lowest BCUT2D eigenvalue weighted by atomic mass is 9.99. The Bertz CT molecular complexity index is 8160. The summed E-state index contributed by atoms with van der Waals surface area (Å²) < 4.78 is 4.69. The second-order valence-electron chi connectivity index (χ2n) is 32.8. The molecular weight excluding hydrogens is 1640 g/mol. The third kappa shape index (κ3) is 16.3. The fourth-order valence-electron chi connectivity index (χ4n) is 17.6. The molecule has 14 aromatic carbocycles. The summed E-state index contributed by atoms with van der Waals surface area (Å²) in [6.45, 7) is 0. The van der Waals surface area contributed by atoms with E-state index >= 15 is 0 Å². The van der Waals surface area contributed by atoms with Gasteiger partial charge in [-0.15, -0.1) is 0 Å². The SMILES string of the molecule is c1ccc(-c2nc(-c3ccccc3)nc(-c3ccc(-c4ccc(-c5ccc(-c6cc(-c7ccc(-n8c9ccccc9c9ccccc98)cc7)cc(-c7ccccn7)n6)nc5)cc4)cc3)n2)cc1.c1ccc(-c2nc(-c3ccccc3)nc(-c3ccc(-c4ccc(-c5ccc(-c6cc(-c7cccc(-n8c9ccccc9c9ccccc98)c7)cc(-c7ccccn7)n6)nc5)cc4)cc3)n2)cc1. The Morgan fingerprint density at radius 1 is 0.134 bits per heavy atom. The number of nitrogens with zero attached hydrogens (tertiary/aromatic N) is 14. The summed E-state index contributed by atoms with van der Waals surface area (Å²) >= 11 is 0. The summed E-state index contributed by atoms with van der Waals surface area (Å²) in [5, 5.41) is 4.95. The Labute approximate surface area is 773 Å². The molecule has 0 amide bonds. The molecule has 0 bridgehead atoms. The van der Waals surface area contributed by atoms with Gasteiger partial charge in [-0.3, -0.25) is 19.9 Å². The van der Waals surface area contributed by atoms with E-state index in [1.807, 2.05) is 170 Å². The quantitative estimate of drug-likeness (QED) is 0.0800. The summed E-state index contributed by atoms with van der Waals surface area (Å²) in [6, 6.07) is 155. The normalized spacial score (nSPS) is 11.3. The highest BCUT2D eigenvalue weighted by Crippen LogP contribution is 2.41. The number of aromatic nitrogens is 14. The highest BCUT2D eigenvalue weighted by molar-refractivity contribution is 6.10. The number of hydrogen-bond acceptors (Lipinski definition) is 12. The van der Waals surface area contributed by atoms with Crippen LogP contribution in [0.5, 0.6) is 0 Å². The van der Waals surface area contributed by atoms with E-state index in [1.165, 1.54) is 43.6 Å². The molecular formula is C120H78N14. The van der Waals surface area contributed by atoms with E-state index in [2.05, 4.69) is 310 Å². The van der Waals surface area contributed by atoms with Crippen LogP contribution in [0.25, 0.3) is 236 Å². The first-order valence-electron chi connectivity index (χ1n) is 44.5. The first kappa shape index (κ1) is 80.2. The van der Waals surface area contributed by atoms with Gasteiger partial charge < -0.3 is 9.13 Å². The zero-order chi connectivity index (χ0) is 89.0. The van der Waals surface area contributed by atoms with Gasteiger partial charge in [-0.2, -0.15) is 0 Å². The molecule has 0 aliphatic carbocycles.